The largest absolute Gasteiger partial charge is 0.493 e. The molecular weight excluding hydrogens is 364 g/mol. The predicted molar refractivity (Wildman–Crippen MR) is 115 cm³/mol. The highest BCUT2D eigenvalue weighted by Crippen LogP contribution is 2.29. The maximum atomic E-state index is 6.00. The van der Waals surface area contributed by atoms with E-state index in [4.69, 9.17) is 18.9 Å². The molecule has 5 nitrogen and oxygen atoms in total. The summed E-state index contributed by atoms with van der Waals surface area (Å²) in [7, 11) is 1.66. The molecular formula is C24H24N2O3. The summed E-state index contributed by atoms with van der Waals surface area (Å²) in [4.78, 5) is 4.75. The van der Waals surface area contributed by atoms with Gasteiger partial charge in [0.15, 0.2) is 23.1 Å². The van der Waals surface area contributed by atoms with Crippen LogP contribution in [0.5, 0.6) is 11.5 Å². The number of imidazole rings is 1. The van der Waals surface area contributed by atoms with Gasteiger partial charge < -0.3 is 18.5 Å². The van der Waals surface area contributed by atoms with Gasteiger partial charge in [-0.3, -0.25) is 0 Å². The molecule has 0 bridgehead atoms. The normalized spacial score (nSPS) is 11.4. The van der Waals surface area contributed by atoms with E-state index in [1.807, 2.05) is 67.6 Å². The first kappa shape index (κ1) is 18.9. The first-order valence-corrected chi connectivity index (χ1v) is 9.73. The molecule has 2 aromatic carbocycles. The maximum Gasteiger partial charge on any atom is 0.177 e. The molecule has 148 valence electrons. The predicted octanol–water partition coefficient (Wildman–Crippen LogP) is 5.81. The lowest BCUT2D eigenvalue weighted by Gasteiger charge is -2.12. The van der Waals surface area contributed by atoms with E-state index in [2.05, 4.69) is 10.6 Å². The third-order valence-corrected chi connectivity index (χ3v) is 4.73. The number of para-hydroxylation sites is 2. The van der Waals surface area contributed by atoms with Gasteiger partial charge in [0.1, 0.15) is 0 Å². The second kappa shape index (κ2) is 8.69. The van der Waals surface area contributed by atoms with Gasteiger partial charge in [0.25, 0.3) is 0 Å². The van der Waals surface area contributed by atoms with Crippen molar-refractivity contribution in [2.24, 2.45) is 0 Å². The second-order valence-corrected chi connectivity index (χ2v) is 6.67. The van der Waals surface area contributed by atoms with Crippen molar-refractivity contribution < 1.29 is 13.9 Å². The summed E-state index contributed by atoms with van der Waals surface area (Å²) >= 11 is 0. The Balaban J connectivity index is 1.48. The van der Waals surface area contributed by atoms with Crippen LogP contribution in [-0.4, -0.2) is 23.3 Å². The van der Waals surface area contributed by atoms with E-state index in [1.54, 1.807) is 13.4 Å². The molecule has 2 aromatic heterocycles. The number of allylic oxidation sites excluding steroid dienone is 1. The van der Waals surface area contributed by atoms with E-state index in [9.17, 15) is 0 Å². The van der Waals surface area contributed by atoms with Crippen LogP contribution in [0, 0.1) is 0 Å². The number of aromatic nitrogens is 2. The summed E-state index contributed by atoms with van der Waals surface area (Å²) in [5.41, 5.74) is 3.14. The van der Waals surface area contributed by atoms with E-state index in [0.29, 0.717) is 6.61 Å². The fourth-order valence-electron chi connectivity index (χ4n) is 3.40. The zero-order valence-corrected chi connectivity index (χ0v) is 16.7. The Hall–Kier alpha value is -3.47. The lowest BCUT2D eigenvalue weighted by molar-refractivity contribution is 0.283. The summed E-state index contributed by atoms with van der Waals surface area (Å²) in [5, 5.41) is 0. The van der Waals surface area contributed by atoms with Gasteiger partial charge in [-0.05, 0) is 55.3 Å². The highest BCUT2D eigenvalue weighted by atomic mass is 16.5. The molecule has 0 aliphatic carbocycles. The van der Waals surface area contributed by atoms with Gasteiger partial charge in [-0.15, -0.1) is 0 Å². The number of fused-ring (bicyclic) bond motifs is 1. The van der Waals surface area contributed by atoms with Gasteiger partial charge >= 0.3 is 0 Å². The topological polar surface area (TPSA) is 49.4 Å². The fraction of sp³-hybridized carbons (Fsp3) is 0.208. The van der Waals surface area contributed by atoms with Crippen LogP contribution in [0.15, 0.2) is 71.4 Å². The van der Waals surface area contributed by atoms with Gasteiger partial charge in [-0.25, -0.2) is 4.98 Å². The van der Waals surface area contributed by atoms with Gasteiger partial charge in [-0.1, -0.05) is 30.4 Å². The Morgan fingerprint density at radius 3 is 2.76 bits per heavy atom. The van der Waals surface area contributed by atoms with Crippen LogP contribution in [0.1, 0.15) is 18.9 Å². The number of hydrogen-bond donors (Lipinski definition) is 0. The molecule has 0 unspecified atom stereocenters. The molecule has 4 rings (SSSR count). The first-order chi connectivity index (χ1) is 14.3. The molecule has 0 fully saturated rings. The lowest BCUT2D eigenvalue weighted by atomic mass is 10.2. The first-order valence-electron chi connectivity index (χ1n) is 9.73. The monoisotopic (exact) mass is 388 g/mol. The van der Waals surface area contributed by atoms with Gasteiger partial charge in [0.05, 0.1) is 31.0 Å². The molecule has 4 aromatic rings. The number of methoxy groups -OCH3 is 1. The molecule has 0 aliphatic heterocycles. The number of nitrogens with zero attached hydrogens (tertiary/aromatic N) is 2. The van der Waals surface area contributed by atoms with Crippen LogP contribution in [0.4, 0.5) is 0 Å². The van der Waals surface area contributed by atoms with E-state index in [-0.39, 0.29) is 0 Å². The SMILES string of the molecule is C/C=C/c1ccc(OCCCn2c(-c3ccco3)nc3ccccc32)c(OC)c1. The van der Waals surface area contributed by atoms with Crippen molar-refractivity contribution in [3.8, 4) is 23.1 Å². The van der Waals surface area contributed by atoms with Crippen molar-refractivity contribution in [3.05, 3.63) is 72.5 Å². The number of ether oxygens (including phenoxy) is 2. The minimum atomic E-state index is 0.573. The highest BCUT2D eigenvalue weighted by Gasteiger charge is 2.14. The van der Waals surface area contributed by atoms with Gasteiger partial charge in [-0.2, -0.15) is 0 Å². The lowest BCUT2D eigenvalue weighted by Crippen LogP contribution is -2.06. The Morgan fingerprint density at radius 1 is 1.07 bits per heavy atom. The summed E-state index contributed by atoms with van der Waals surface area (Å²) in [6, 6.07) is 17.9. The van der Waals surface area contributed by atoms with Crippen LogP contribution < -0.4 is 9.47 Å². The average molecular weight is 388 g/mol. The maximum absolute atomic E-state index is 6.00. The van der Waals surface area contributed by atoms with E-state index in [1.165, 1.54) is 0 Å². The van der Waals surface area contributed by atoms with Gasteiger partial charge in [0, 0.05) is 6.54 Å². The molecule has 0 N–H and O–H groups in total. The third kappa shape index (κ3) is 4.04. The standard InChI is InChI=1S/C24H24N2O3/c1-3-8-18-12-13-21(23(17-18)27-2)28-16-7-14-26-20-10-5-4-9-19(20)25-24(26)22-11-6-15-29-22/h3-6,8-13,15,17H,7,14,16H2,1-2H3/b8-3+. The number of aryl methyl sites for hydroxylation is 1. The van der Waals surface area contributed by atoms with Crippen LogP contribution in [0.3, 0.4) is 0 Å². The van der Waals surface area contributed by atoms with Crippen molar-refractivity contribution in [1.29, 1.82) is 0 Å². The molecule has 0 amide bonds. The van der Waals surface area contributed by atoms with E-state index >= 15 is 0 Å². The minimum absolute atomic E-state index is 0.573. The number of furan rings is 1. The number of rotatable bonds is 8. The van der Waals surface area contributed by atoms with Gasteiger partial charge in [0.2, 0.25) is 0 Å². The molecule has 0 saturated carbocycles. The summed E-state index contributed by atoms with van der Waals surface area (Å²) in [6.07, 6.45) is 6.54. The zero-order chi connectivity index (χ0) is 20.1. The number of benzene rings is 2. The van der Waals surface area contributed by atoms with E-state index in [0.717, 1.165) is 52.6 Å². The highest BCUT2D eigenvalue weighted by molar-refractivity contribution is 5.79. The molecule has 2 heterocycles. The molecule has 0 spiro atoms. The summed E-state index contributed by atoms with van der Waals surface area (Å²) < 4.78 is 19.2. The Kier molecular flexibility index (Phi) is 5.66. The Morgan fingerprint density at radius 2 is 1.97 bits per heavy atom. The van der Waals surface area contributed by atoms with E-state index < -0.39 is 0 Å². The molecule has 5 heteroatoms. The number of hydrogen-bond acceptors (Lipinski definition) is 4. The summed E-state index contributed by atoms with van der Waals surface area (Å²) in [5.74, 6) is 3.10. The second-order valence-electron chi connectivity index (χ2n) is 6.67. The summed E-state index contributed by atoms with van der Waals surface area (Å²) in [6.45, 7) is 3.34. The Labute approximate surface area is 170 Å². The quantitative estimate of drug-likeness (QED) is 0.358. The van der Waals surface area contributed by atoms with Crippen molar-refractivity contribution >= 4 is 17.1 Å². The van der Waals surface area contributed by atoms with Crippen LogP contribution in [0.25, 0.3) is 28.7 Å². The average Bonchev–Trinajstić information content (AvgIpc) is 3.40. The molecule has 0 aliphatic rings. The smallest absolute Gasteiger partial charge is 0.177 e. The fourth-order valence-corrected chi connectivity index (χ4v) is 3.40. The van der Waals surface area contributed by atoms with Crippen LogP contribution in [-0.2, 0) is 6.54 Å². The van der Waals surface area contributed by atoms with Crippen LogP contribution >= 0.6 is 0 Å². The van der Waals surface area contributed by atoms with Crippen molar-refractivity contribution in [3.63, 3.8) is 0 Å². The zero-order valence-electron chi connectivity index (χ0n) is 16.7. The van der Waals surface area contributed by atoms with Crippen molar-refractivity contribution in [2.45, 2.75) is 19.9 Å². The minimum Gasteiger partial charge on any atom is -0.493 e. The van der Waals surface area contributed by atoms with Crippen molar-refractivity contribution in [1.82, 2.24) is 9.55 Å². The van der Waals surface area contributed by atoms with Crippen molar-refractivity contribution in [2.75, 3.05) is 13.7 Å². The third-order valence-electron chi connectivity index (χ3n) is 4.73. The molecule has 0 atom stereocenters. The molecule has 0 saturated heterocycles. The van der Waals surface area contributed by atoms with Crippen LogP contribution in [0.2, 0.25) is 0 Å². The molecule has 0 radical (unpaired) electrons. The molecule has 29 heavy (non-hydrogen) atoms. The Bertz CT molecular complexity index is 1110.